The molecule has 1 heterocycles. The van der Waals surface area contributed by atoms with Crippen LogP contribution in [0.4, 0.5) is 0 Å². The number of piperazine rings is 1. The molecule has 1 saturated heterocycles. The maximum atomic E-state index is 13.1. The van der Waals surface area contributed by atoms with Crippen LogP contribution in [-0.4, -0.2) is 57.0 Å². The molecule has 7 heteroatoms. The number of ether oxygens (including phenoxy) is 1. The summed E-state index contributed by atoms with van der Waals surface area (Å²) in [6, 6.07) is 12.9. The summed E-state index contributed by atoms with van der Waals surface area (Å²) in [5.74, 6) is 0.691. The second-order valence-electron chi connectivity index (χ2n) is 5.88. The lowest BCUT2D eigenvalue weighted by atomic mass is 10.1. The van der Waals surface area contributed by atoms with E-state index in [0.29, 0.717) is 55.4 Å². The first kappa shape index (κ1) is 17.7. The van der Waals surface area contributed by atoms with Crippen LogP contribution in [0.1, 0.15) is 6.92 Å². The van der Waals surface area contributed by atoms with Gasteiger partial charge in [0, 0.05) is 37.0 Å². The molecule has 6 nitrogen and oxygen atoms in total. The number of sulfonamides is 1. The van der Waals surface area contributed by atoms with Crippen LogP contribution < -0.4 is 4.74 Å². The standard InChI is InChI=1S/C18H21N3O3S/c1-2-24-17-7-8-18(16-6-4-3-5-15(16)17)25(22,23)21-13-11-20(10-9-19)12-14-21/h3-8H,2,10-14H2,1H3. The molecule has 132 valence electrons. The van der Waals surface area contributed by atoms with E-state index in [1.807, 2.05) is 36.1 Å². The highest BCUT2D eigenvalue weighted by molar-refractivity contribution is 7.89. The zero-order chi connectivity index (χ0) is 17.9. The van der Waals surface area contributed by atoms with Crippen molar-refractivity contribution in [1.82, 2.24) is 9.21 Å². The number of benzene rings is 2. The third-order valence-electron chi connectivity index (χ3n) is 4.39. The fourth-order valence-corrected chi connectivity index (χ4v) is 4.74. The van der Waals surface area contributed by atoms with Crippen LogP contribution in [0.2, 0.25) is 0 Å². The van der Waals surface area contributed by atoms with Gasteiger partial charge in [0.05, 0.1) is 24.1 Å². The van der Waals surface area contributed by atoms with Gasteiger partial charge in [-0.2, -0.15) is 9.57 Å². The average molecular weight is 359 g/mol. The van der Waals surface area contributed by atoms with E-state index in [4.69, 9.17) is 10.00 Å². The Morgan fingerprint density at radius 2 is 1.76 bits per heavy atom. The third kappa shape index (κ3) is 3.47. The SMILES string of the molecule is CCOc1ccc(S(=O)(=O)N2CCN(CC#N)CC2)c2ccccc12. The van der Waals surface area contributed by atoms with E-state index in [2.05, 4.69) is 6.07 Å². The molecule has 0 unspecified atom stereocenters. The summed E-state index contributed by atoms with van der Waals surface area (Å²) in [5.41, 5.74) is 0. The maximum Gasteiger partial charge on any atom is 0.243 e. The van der Waals surface area contributed by atoms with E-state index in [1.165, 1.54) is 4.31 Å². The largest absolute Gasteiger partial charge is 0.493 e. The summed E-state index contributed by atoms with van der Waals surface area (Å²) in [6.07, 6.45) is 0. The van der Waals surface area contributed by atoms with Gasteiger partial charge in [-0.05, 0) is 19.1 Å². The van der Waals surface area contributed by atoms with Gasteiger partial charge in [0.1, 0.15) is 5.75 Å². The smallest absolute Gasteiger partial charge is 0.243 e. The zero-order valence-corrected chi connectivity index (χ0v) is 15.0. The molecule has 0 radical (unpaired) electrons. The molecule has 0 saturated carbocycles. The minimum Gasteiger partial charge on any atom is -0.493 e. The molecule has 0 amide bonds. The van der Waals surface area contributed by atoms with Gasteiger partial charge < -0.3 is 4.74 Å². The van der Waals surface area contributed by atoms with Crippen LogP contribution in [0.15, 0.2) is 41.3 Å². The van der Waals surface area contributed by atoms with Crippen molar-refractivity contribution in [3.63, 3.8) is 0 Å². The minimum absolute atomic E-state index is 0.306. The summed E-state index contributed by atoms with van der Waals surface area (Å²) >= 11 is 0. The van der Waals surface area contributed by atoms with E-state index in [1.54, 1.807) is 12.1 Å². The lowest BCUT2D eigenvalue weighted by Crippen LogP contribution is -2.48. The van der Waals surface area contributed by atoms with Gasteiger partial charge in [-0.3, -0.25) is 4.90 Å². The summed E-state index contributed by atoms with van der Waals surface area (Å²) in [6.45, 7) is 4.69. The van der Waals surface area contributed by atoms with Crippen molar-refractivity contribution in [1.29, 1.82) is 5.26 Å². The summed E-state index contributed by atoms with van der Waals surface area (Å²) in [7, 11) is -3.59. The first-order valence-corrected chi connectivity index (χ1v) is 9.76. The molecule has 0 atom stereocenters. The molecular weight excluding hydrogens is 338 g/mol. The highest BCUT2D eigenvalue weighted by Crippen LogP contribution is 2.32. The van der Waals surface area contributed by atoms with Gasteiger partial charge >= 0.3 is 0 Å². The van der Waals surface area contributed by atoms with Crippen LogP contribution >= 0.6 is 0 Å². The predicted molar refractivity (Wildman–Crippen MR) is 95.9 cm³/mol. The predicted octanol–water partition coefficient (Wildman–Crippen LogP) is 2.07. The molecule has 1 aliphatic rings. The number of nitrogens with zero attached hydrogens (tertiary/aromatic N) is 3. The van der Waals surface area contributed by atoms with Crippen molar-refractivity contribution in [2.45, 2.75) is 11.8 Å². The number of nitriles is 1. The second-order valence-corrected chi connectivity index (χ2v) is 7.79. The summed E-state index contributed by atoms with van der Waals surface area (Å²) < 4.78 is 33.4. The first-order chi connectivity index (χ1) is 12.1. The van der Waals surface area contributed by atoms with Crippen LogP contribution in [0.5, 0.6) is 5.75 Å². The molecule has 0 bridgehead atoms. The quantitative estimate of drug-likeness (QED) is 0.764. The monoisotopic (exact) mass is 359 g/mol. The molecular formula is C18H21N3O3S. The van der Waals surface area contributed by atoms with E-state index >= 15 is 0 Å². The normalized spacial score (nSPS) is 16.6. The second kappa shape index (κ2) is 7.40. The fraction of sp³-hybridized carbons (Fsp3) is 0.389. The highest BCUT2D eigenvalue weighted by atomic mass is 32.2. The van der Waals surface area contributed by atoms with E-state index in [9.17, 15) is 8.42 Å². The minimum atomic E-state index is -3.59. The first-order valence-electron chi connectivity index (χ1n) is 8.32. The Hall–Kier alpha value is -2.14. The molecule has 0 spiro atoms. The Morgan fingerprint density at radius 1 is 1.08 bits per heavy atom. The van der Waals surface area contributed by atoms with Gasteiger partial charge in [0.2, 0.25) is 10.0 Å². The van der Waals surface area contributed by atoms with Crippen molar-refractivity contribution >= 4 is 20.8 Å². The molecule has 2 aromatic rings. The van der Waals surface area contributed by atoms with E-state index < -0.39 is 10.0 Å². The number of fused-ring (bicyclic) bond motifs is 1. The molecule has 0 aliphatic carbocycles. The van der Waals surface area contributed by atoms with Crippen LogP contribution in [0.25, 0.3) is 10.8 Å². The van der Waals surface area contributed by atoms with Crippen molar-refractivity contribution in [3.05, 3.63) is 36.4 Å². The van der Waals surface area contributed by atoms with Gasteiger partial charge in [0.25, 0.3) is 0 Å². The van der Waals surface area contributed by atoms with Crippen molar-refractivity contribution in [2.75, 3.05) is 39.3 Å². The van der Waals surface area contributed by atoms with Gasteiger partial charge in [-0.25, -0.2) is 8.42 Å². The summed E-state index contributed by atoms with van der Waals surface area (Å²) in [5, 5.41) is 10.2. The molecule has 1 aliphatic heterocycles. The van der Waals surface area contributed by atoms with Gasteiger partial charge in [-0.15, -0.1) is 0 Å². The van der Waals surface area contributed by atoms with E-state index in [0.717, 1.165) is 5.39 Å². The average Bonchev–Trinajstić information content (AvgIpc) is 2.63. The summed E-state index contributed by atoms with van der Waals surface area (Å²) in [4.78, 5) is 2.27. The van der Waals surface area contributed by atoms with Crippen LogP contribution in [0.3, 0.4) is 0 Å². The Kier molecular flexibility index (Phi) is 5.23. The van der Waals surface area contributed by atoms with Gasteiger partial charge in [0.15, 0.2) is 0 Å². The topological polar surface area (TPSA) is 73.6 Å². The Balaban J connectivity index is 1.96. The zero-order valence-electron chi connectivity index (χ0n) is 14.2. The lowest BCUT2D eigenvalue weighted by Gasteiger charge is -2.32. The number of rotatable bonds is 5. The molecule has 1 fully saturated rings. The molecule has 2 aromatic carbocycles. The fourth-order valence-electron chi connectivity index (χ4n) is 3.12. The Bertz CT molecular complexity index is 897. The Labute approximate surface area is 148 Å². The number of hydrogen-bond donors (Lipinski definition) is 0. The Morgan fingerprint density at radius 3 is 2.40 bits per heavy atom. The van der Waals surface area contributed by atoms with Crippen molar-refractivity contribution in [2.24, 2.45) is 0 Å². The van der Waals surface area contributed by atoms with E-state index in [-0.39, 0.29) is 0 Å². The molecule has 3 rings (SSSR count). The number of hydrogen-bond acceptors (Lipinski definition) is 5. The van der Waals surface area contributed by atoms with Gasteiger partial charge in [-0.1, -0.05) is 24.3 Å². The maximum absolute atomic E-state index is 13.1. The third-order valence-corrected chi connectivity index (χ3v) is 6.34. The van der Waals surface area contributed by atoms with Crippen molar-refractivity contribution < 1.29 is 13.2 Å². The van der Waals surface area contributed by atoms with Crippen LogP contribution in [0, 0.1) is 11.3 Å². The molecule has 0 N–H and O–H groups in total. The van der Waals surface area contributed by atoms with Crippen LogP contribution in [-0.2, 0) is 10.0 Å². The lowest BCUT2D eigenvalue weighted by molar-refractivity contribution is 0.206. The molecule has 0 aromatic heterocycles. The van der Waals surface area contributed by atoms with Crippen molar-refractivity contribution in [3.8, 4) is 11.8 Å². The molecule has 25 heavy (non-hydrogen) atoms. The highest BCUT2D eigenvalue weighted by Gasteiger charge is 2.30.